The van der Waals surface area contributed by atoms with Gasteiger partial charge in [-0.3, -0.25) is 0 Å². The summed E-state index contributed by atoms with van der Waals surface area (Å²) < 4.78 is 31.7. The smallest absolute Gasteiger partial charge is 0.478 e. The number of hydrogen-bond donors (Lipinski definition) is 4. The van der Waals surface area contributed by atoms with Gasteiger partial charge in [-0.2, -0.15) is 13.2 Å². The van der Waals surface area contributed by atoms with E-state index in [1.54, 1.807) is 6.07 Å². The fourth-order valence-electron chi connectivity index (χ4n) is 5.03. The SMILES string of the molecule is Cc1nc2c(C(=O)O)cc(-c3ccc(-c4cccc(CNC5CCCCCC5)c4)cc3)cc2[nH]1.O=C(O)C(F)(F)F. The van der Waals surface area contributed by atoms with Crippen molar-refractivity contribution in [3.8, 4) is 22.3 Å². The highest BCUT2D eigenvalue weighted by Gasteiger charge is 2.38. The van der Waals surface area contributed by atoms with E-state index < -0.39 is 18.1 Å². The Labute approximate surface area is 235 Å². The lowest BCUT2D eigenvalue weighted by molar-refractivity contribution is -0.192. The predicted octanol–water partition coefficient (Wildman–Crippen LogP) is 7.35. The van der Waals surface area contributed by atoms with Crippen LogP contribution in [0.4, 0.5) is 13.2 Å². The van der Waals surface area contributed by atoms with Crippen LogP contribution in [0.3, 0.4) is 0 Å². The van der Waals surface area contributed by atoms with Gasteiger partial charge in [0.1, 0.15) is 11.3 Å². The van der Waals surface area contributed by atoms with Crippen LogP contribution in [-0.4, -0.2) is 44.3 Å². The Morgan fingerprint density at radius 2 is 1.51 bits per heavy atom. The number of H-pyrrole nitrogens is 1. The molecule has 0 radical (unpaired) electrons. The lowest BCUT2D eigenvalue weighted by Crippen LogP contribution is -2.27. The third-order valence-electron chi connectivity index (χ3n) is 7.11. The lowest BCUT2D eigenvalue weighted by Gasteiger charge is -2.16. The van der Waals surface area contributed by atoms with Gasteiger partial charge in [0.25, 0.3) is 0 Å². The normalized spacial score (nSPS) is 14.2. The number of aromatic carboxylic acids is 1. The van der Waals surface area contributed by atoms with Crippen LogP contribution in [-0.2, 0) is 11.3 Å². The monoisotopic (exact) mass is 567 g/mol. The van der Waals surface area contributed by atoms with Gasteiger partial charge in [0.15, 0.2) is 0 Å². The average Bonchev–Trinajstić information content (AvgIpc) is 3.13. The highest BCUT2D eigenvalue weighted by Crippen LogP contribution is 2.29. The minimum atomic E-state index is -5.08. The summed E-state index contributed by atoms with van der Waals surface area (Å²) in [6.45, 7) is 2.73. The molecule has 1 aliphatic carbocycles. The van der Waals surface area contributed by atoms with E-state index >= 15 is 0 Å². The molecular formula is C31H32F3N3O4. The molecule has 0 bridgehead atoms. The number of fused-ring (bicyclic) bond motifs is 1. The molecule has 41 heavy (non-hydrogen) atoms. The third kappa shape index (κ3) is 7.94. The van der Waals surface area contributed by atoms with Gasteiger partial charge >= 0.3 is 18.1 Å². The molecule has 0 amide bonds. The maximum atomic E-state index is 11.8. The first-order valence-corrected chi connectivity index (χ1v) is 13.5. The van der Waals surface area contributed by atoms with Gasteiger partial charge in [0.2, 0.25) is 0 Å². The molecule has 0 saturated heterocycles. The number of imidazole rings is 1. The van der Waals surface area contributed by atoms with Gasteiger partial charge in [-0.05, 0) is 65.8 Å². The lowest BCUT2D eigenvalue weighted by atomic mass is 9.97. The summed E-state index contributed by atoms with van der Waals surface area (Å²) in [5.74, 6) is -3.02. The zero-order valence-electron chi connectivity index (χ0n) is 22.6. The van der Waals surface area contributed by atoms with Crippen LogP contribution in [0.2, 0.25) is 0 Å². The van der Waals surface area contributed by atoms with Crippen molar-refractivity contribution < 1.29 is 33.0 Å². The second-order valence-corrected chi connectivity index (χ2v) is 10.2. The van der Waals surface area contributed by atoms with Crippen molar-refractivity contribution in [2.24, 2.45) is 0 Å². The molecule has 1 heterocycles. The standard InChI is InChI=1S/C29H31N3O2.C2HF3O2/c1-19-31-27-17-24(16-26(29(33)34)28(27)32-19)22-13-11-21(12-14-22)23-8-6-7-20(15-23)18-30-25-9-4-2-3-5-10-25;3-2(4,5)1(6)7/h6-8,11-17,25,30H,2-5,9-10,18H2,1H3,(H,31,32)(H,33,34);(H,6,7). The number of aromatic nitrogens is 2. The zero-order chi connectivity index (χ0) is 29.6. The second kappa shape index (κ2) is 13.0. The first-order valence-electron chi connectivity index (χ1n) is 13.5. The van der Waals surface area contributed by atoms with Crippen molar-refractivity contribution >= 4 is 23.0 Å². The number of nitrogens with zero attached hydrogens (tertiary/aromatic N) is 1. The second-order valence-electron chi connectivity index (χ2n) is 10.2. The first kappa shape index (κ1) is 29.8. The quantitative estimate of drug-likeness (QED) is 0.181. The van der Waals surface area contributed by atoms with E-state index in [0.717, 1.165) is 28.8 Å². The molecule has 10 heteroatoms. The largest absolute Gasteiger partial charge is 0.490 e. The first-order chi connectivity index (χ1) is 19.5. The molecule has 216 valence electrons. The molecule has 1 aliphatic rings. The van der Waals surface area contributed by atoms with Crippen molar-refractivity contribution in [2.45, 2.75) is 64.2 Å². The Morgan fingerprint density at radius 1 is 0.902 bits per heavy atom. The Hall–Kier alpha value is -4.18. The summed E-state index contributed by atoms with van der Waals surface area (Å²) in [6, 6.07) is 21.4. The van der Waals surface area contributed by atoms with Gasteiger partial charge < -0.3 is 20.5 Å². The number of carbonyl (C=O) groups is 2. The van der Waals surface area contributed by atoms with E-state index in [9.17, 15) is 23.1 Å². The zero-order valence-corrected chi connectivity index (χ0v) is 22.6. The molecule has 1 fully saturated rings. The summed E-state index contributed by atoms with van der Waals surface area (Å²) in [7, 11) is 0. The summed E-state index contributed by atoms with van der Waals surface area (Å²) in [6.07, 6.45) is 2.91. The summed E-state index contributed by atoms with van der Waals surface area (Å²) in [5, 5.41) is 20.6. The van der Waals surface area contributed by atoms with Gasteiger partial charge in [-0.25, -0.2) is 14.6 Å². The maximum Gasteiger partial charge on any atom is 0.490 e. The Morgan fingerprint density at radius 3 is 2.10 bits per heavy atom. The van der Waals surface area contributed by atoms with Crippen LogP contribution >= 0.6 is 0 Å². The number of benzene rings is 3. The summed E-state index contributed by atoms with van der Waals surface area (Å²) in [4.78, 5) is 28.2. The molecular weight excluding hydrogens is 535 g/mol. The summed E-state index contributed by atoms with van der Waals surface area (Å²) >= 11 is 0. The topological polar surface area (TPSA) is 115 Å². The number of aromatic amines is 1. The van der Waals surface area contributed by atoms with Crippen LogP contribution in [0, 0.1) is 6.92 Å². The van der Waals surface area contributed by atoms with E-state index in [2.05, 4.69) is 63.8 Å². The maximum absolute atomic E-state index is 11.8. The Kier molecular flexibility index (Phi) is 9.44. The van der Waals surface area contributed by atoms with Crippen LogP contribution in [0.1, 0.15) is 60.3 Å². The highest BCUT2D eigenvalue weighted by atomic mass is 19.4. The van der Waals surface area contributed by atoms with Crippen molar-refractivity contribution in [1.29, 1.82) is 0 Å². The minimum Gasteiger partial charge on any atom is -0.478 e. The predicted molar refractivity (Wildman–Crippen MR) is 151 cm³/mol. The number of nitrogens with one attached hydrogen (secondary N) is 2. The molecule has 7 nitrogen and oxygen atoms in total. The molecule has 3 aromatic carbocycles. The molecule has 0 spiro atoms. The molecule has 4 N–H and O–H groups in total. The van der Waals surface area contributed by atoms with Gasteiger partial charge in [0.05, 0.1) is 11.1 Å². The summed E-state index contributed by atoms with van der Waals surface area (Å²) in [5.41, 5.74) is 6.94. The fraction of sp³-hybridized carbons (Fsp3) is 0.323. The van der Waals surface area contributed by atoms with E-state index in [1.165, 1.54) is 49.7 Å². The average molecular weight is 568 g/mol. The fourth-order valence-corrected chi connectivity index (χ4v) is 5.03. The number of aliphatic carboxylic acids is 1. The minimum absolute atomic E-state index is 0.217. The number of aryl methyl sites for hydroxylation is 1. The van der Waals surface area contributed by atoms with E-state index in [1.807, 2.05) is 13.0 Å². The van der Waals surface area contributed by atoms with Crippen molar-refractivity contribution in [3.63, 3.8) is 0 Å². The molecule has 1 aromatic heterocycles. The molecule has 0 atom stereocenters. The van der Waals surface area contributed by atoms with Gasteiger partial charge in [-0.1, -0.05) is 68.1 Å². The van der Waals surface area contributed by atoms with E-state index in [4.69, 9.17) is 9.90 Å². The molecule has 0 unspecified atom stereocenters. The van der Waals surface area contributed by atoms with Crippen LogP contribution in [0.25, 0.3) is 33.3 Å². The molecule has 1 saturated carbocycles. The van der Waals surface area contributed by atoms with Crippen LogP contribution in [0.5, 0.6) is 0 Å². The van der Waals surface area contributed by atoms with Gasteiger partial charge in [0, 0.05) is 12.6 Å². The van der Waals surface area contributed by atoms with Crippen LogP contribution in [0.15, 0.2) is 60.7 Å². The Balaban J connectivity index is 0.000000493. The van der Waals surface area contributed by atoms with E-state index in [-0.39, 0.29) is 5.56 Å². The number of carboxylic acid groups (broad SMARTS) is 2. The molecule has 5 rings (SSSR count). The van der Waals surface area contributed by atoms with Crippen LogP contribution < -0.4 is 5.32 Å². The highest BCUT2D eigenvalue weighted by molar-refractivity contribution is 6.03. The third-order valence-corrected chi connectivity index (χ3v) is 7.11. The van der Waals surface area contributed by atoms with Crippen molar-refractivity contribution in [3.05, 3.63) is 77.6 Å². The number of carboxylic acids is 2. The van der Waals surface area contributed by atoms with Gasteiger partial charge in [-0.15, -0.1) is 0 Å². The number of alkyl halides is 3. The molecule has 0 aliphatic heterocycles. The Bertz CT molecular complexity index is 1510. The van der Waals surface area contributed by atoms with Crippen molar-refractivity contribution in [1.82, 2.24) is 15.3 Å². The molecule has 4 aromatic rings. The van der Waals surface area contributed by atoms with E-state index in [0.29, 0.717) is 17.4 Å². The number of hydrogen-bond acceptors (Lipinski definition) is 4. The number of rotatable bonds is 6. The van der Waals surface area contributed by atoms with Crippen molar-refractivity contribution in [2.75, 3.05) is 0 Å². The number of halogens is 3.